The molecule has 18 heavy (non-hydrogen) atoms. The topological polar surface area (TPSA) is 46.9 Å². The number of hydrogen-bond donors (Lipinski definition) is 1. The summed E-state index contributed by atoms with van der Waals surface area (Å²) in [4.78, 5) is 11.9. The molecule has 2 rings (SSSR count). The van der Waals surface area contributed by atoms with E-state index >= 15 is 0 Å². The summed E-state index contributed by atoms with van der Waals surface area (Å²) in [5, 5.41) is 7.37. The number of nitrogens with zero attached hydrogens (tertiary/aromatic N) is 2. The molecule has 1 saturated carbocycles. The summed E-state index contributed by atoms with van der Waals surface area (Å²) < 4.78 is 1.93. The van der Waals surface area contributed by atoms with Crippen LogP contribution in [0.2, 0.25) is 0 Å². The lowest BCUT2D eigenvalue weighted by Gasteiger charge is -2.20. The highest BCUT2D eigenvalue weighted by Crippen LogP contribution is 2.23. The van der Waals surface area contributed by atoms with Crippen molar-refractivity contribution in [1.29, 1.82) is 0 Å². The molecule has 1 aromatic heterocycles. The highest BCUT2D eigenvalue weighted by molar-refractivity contribution is 5.78. The van der Waals surface area contributed by atoms with Crippen LogP contribution in [-0.2, 0) is 11.3 Å². The first-order chi connectivity index (χ1) is 8.75. The number of amides is 1. The molecule has 0 radical (unpaired) electrons. The van der Waals surface area contributed by atoms with Crippen LogP contribution in [0.25, 0.3) is 0 Å². The molecule has 1 amide bonds. The highest BCUT2D eigenvalue weighted by atomic mass is 16.1. The van der Waals surface area contributed by atoms with Gasteiger partial charge in [0, 0.05) is 25.2 Å². The minimum atomic E-state index is 0.256. The second-order valence-corrected chi connectivity index (χ2v) is 5.20. The smallest absolute Gasteiger partial charge is 0.223 e. The molecule has 1 heterocycles. The van der Waals surface area contributed by atoms with Gasteiger partial charge in [-0.15, -0.1) is 0 Å². The van der Waals surface area contributed by atoms with E-state index in [0.717, 1.165) is 38.0 Å². The third-order valence-electron chi connectivity index (χ3n) is 3.61. The minimum Gasteiger partial charge on any atom is -0.356 e. The number of nitrogens with one attached hydrogen (secondary N) is 1. The normalized spacial score (nSPS) is 16.7. The molecule has 0 bridgehead atoms. The second kappa shape index (κ2) is 6.57. The van der Waals surface area contributed by atoms with Gasteiger partial charge >= 0.3 is 0 Å². The molecule has 1 aliphatic carbocycles. The van der Waals surface area contributed by atoms with Crippen LogP contribution in [0.3, 0.4) is 0 Å². The van der Waals surface area contributed by atoms with Crippen molar-refractivity contribution in [3.05, 3.63) is 18.0 Å². The Balaban J connectivity index is 1.61. The van der Waals surface area contributed by atoms with Crippen molar-refractivity contribution in [3.63, 3.8) is 0 Å². The largest absolute Gasteiger partial charge is 0.356 e. The highest BCUT2D eigenvalue weighted by Gasteiger charge is 2.20. The predicted octanol–water partition coefficient (Wildman–Crippen LogP) is 2.28. The first-order valence-corrected chi connectivity index (χ1v) is 7.03. The van der Waals surface area contributed by atoms with E-state index < -0.39 is 0 Å². The summed E-state index contributed by atoms with van der Waals surface area (Å²) in [7, 11) is 0. The van der Waals surface area contributed by atoms with Gasteiger partial charge in [-0.2, -0.15) is 5.10 Å². The molecule has 0 spiro atoms. The van der Waals surface area contributed by atoms with Crippen LogP contribution in [0.5, 0.6) is 0 Å². The van der Waals surface area contributed by atoms with Crippen molar-refractivity contribution < 1.29 is 4.79 Å². The molecule has 1 aromatic rings. The zero-order valence-electron chi connectivity index (χ0n) is 11.2. The quantitative estimate of drug-likeness (QED) is 0.814. The summed E-state index contributed by atoms with van der Waals surface area (Å²) >= 11 is 0. The van der Waals surface area contributed by atoms with Crippen molar-refractivity contribution >= 4 is 5.91 Å². The number of carbonyl (C=O) groups excluding carboxylic acids is 1. The molecule has 4 heteroatoms. The lowest BCUT2D eigenvalue weighted by atomic mass is 9.89. The van der Waals surface area contributed by atoms with E-state index in [4.69, 9.17) is 0 Å². The number of carbonyl (C=O) groups is 1. The Morgan fingerprint density at radius 2 is 2.22 bits per heavy atom. The summed E-state index contributed by atoms with van der Waals surface area (Å²) in [6.45, 7) is 3.62. The van der Waals surface area contributed by atoms with Crippen LogP contribution in [0.15, 0.2) is 12.3 Å². The van der Waals surface area contributed by atoms with Crippen LogP contribution < -0.4 is 5.32 Å². The van der Waals surface area contributed by atoms with E-state index in [9.17, 15) is 4.79 Å². The van der Waals surface area contributed by atoms with Gasteiger partial charge in [-0.1, -0.05) is 19.3 Å². The zero-order valence-corrected chi connectivity index (χ0v) is 11.2. The number of aryl methyl sites for hydroxylation is 2. The summed E-state index contributed by atoms with van der Waals surface area (Å²) in [5.41, 5.74) is 1.04. The van der Waals surface area contributed by atoms with E-state index in [0.29, 0.717) is 0 Å². The van der Waals surface area contributed by atoms with Crippen LogP contribution in [0.1, 0.15) is 44.2 Å². The summed E-state index contributed by atoms with van der Waals surface area (Å²) in [5.74, 6) is 0.525. The fraction of sp³-hybridized carbons (Fsp3) is 0.714. The maximum Gasteiger partial charge on any atom is 0.223 e. The van der Waals surface area contributed by atoms with Crippen LogP contribution in [0.4, 0.5) is 0 Å². The fourth-order valence-corrected chi connectivity index (χ4v) is 2.55. The Morgan fingerprint density at radius 1 is 1.44 bits per heavy atom. The van der Waals surface area contributed by atoms with E-state index in [1.165, 1.54) is 19.3 Å². The van der Waals surface area contributed by atoms with E-state index in [-0.39, 0.29) is 11.8 Å². The van der Waals surface area contributed by atoms with E-state index in [2.05, 4.69) is 10.4 Å². The average molecular weight is 249 g/mol. The number of rotatable bonds is 5. The first-order valence-electron chi connectivity index (χ1n) is 7.03. The lowest BCUT2D eigenvalue weighted by Crippen LogP contribution is -2.32. The van der Waals surface area contributed by atoms with Crippen molar-refractivity contribution in [2.45, 2.75) is 52.0 Å². The maximum absolute atomic E-state index is 11.9. The number of aromatic nitrogens is 2. The van der Waals surface area contributed by atoms with Gasteiger partial charge in [0.05, 0.1) is 5.69 Å². The SMILES string of the molecule is Cc1ccn(CCCNC(=O)C2CCCCC2)n1. The van der Waals surface area contributed by atoms with Gasteiger partial charge in [-0.05, 0) is 32.3 Å². The van der Waals surface area contributed by atoms with Crippen molar-refractivity contribution in [2.24, 2.45) is 5.92 Å². The van der Waals surface area contributed by atoms with Gasteiger partial charge in [0.1, 0.15) is 0 Å². The number of hydrogen-bond acceptors (Lipinski definition) is 2. The Bertz CT molecular complexity index is 380. The van der Waals surface area contributed by atoms with Crippen LogP contribution in [0, 0.1) is 12.8 Å². The Morgan fingerprint density at radius 3 is 2.89 bits per heavy atom. The van der Waals surface area contributed by atoms with Crippen molar-refractivity contribution in [3.8, 4) is 0 Å². The zero-order chi connectivity index (χ0) is 12.8. The molecular weight excluding hydrogens is 226 g/mol. The third kappa shape index (κ3) is 3.86. The Labute approximate surface area is 109 Å². The summed E-state index contributed by atoms with van der Waals surface area (Å²) in [6, 6.07) is 2.00. The maximum atomic E-state index is 11.9. The van der Waals surface area contributed by atoms with Crippen molar-refractivity contribution in [1.82, 2.24) is 15.1 Å². The van der Waals surface area contributed by atoms with Gasteiger partial charge in [-0.3, -0.25) is 9.48 Å². The molecule has 0 atom stereocenters. The van der Waals surface area contributed by atoms with Crippen LogP contribution in [-0.4, -0.2) is 22.2 Å². The monoisotopic (exact) mass is 249 g/mol. The molecule has 4 nitrogen and oxygen atoms in total. The molecule has 0 aliphatic heterocycles. The average Bonchev–Trinajstić information content (AvgIpc) is 2.81. The van der Waals surface area contributed by atoms with Gasteiger partial charge in [0.25, 0.3) is 0 Å². The lowest BCUT2D eigenvalue weighted by molar-refractivity contribution is -0.125. The first kappa shape index (κ1) is 13.1. The van der Waals surface area contributed by atoms with E-state index in [1.54, 1.807) is 0 Å². The van der Waals surface area contributed by atoms with Gasteiger partial charge < -0.3 is 5.32 Å². The molecule has 100 valence electrons. The van der Waals surface area contributed by atoms with Crippen LogP contribution >= 0.6 is 0 Å². The van der Waals surface area contributed by atoms with Gasteiger partial charge in [0.2, 0.25) is 5.91 Å². The van der Waals surface area contributed by atoms with Gasteiger partial charge in [0.15, 0.2) is 0 Å². The minimum absolute atomic E-state index is 0.256. The Kier molecular flexibility index (Phi) is 4.79. The summed E-state index contributed by atoms with van der Waals surface area (Å²) in [6.07, 6.45) is 8.80. The van der Waals surface area contributed by atoms with Crippen molar-refractivity contribution in [2.75, 3.05) is 6.54 Å². The molecule has 1 fully saturated rings. The van der Waals surface area contributed by atoms with Gasteiger partial charge in [-0.25, -0.2) is 0 Å². The molecule has 1 aliphatic rings. The molecule has 0 saturated heterocycles. The predicted molar refractivity (Wildman–Crippen MR) is 71.2 cm³/mol. The van der Waals surface area contributed by atoms with E-state index in [1.807, 2.05) is 23.9 Å². The second-order valence-electron chi connectivity index (χ2n) is 5.20. The Hall–Kier alpha value is -1.32. The molecule has 0 aromatic carbocycles. The fourth-order valence-electron chi connectivity index (χ4n) is 2.55. The molecular formula is C14H23N3O. The standard InChI is InChI=1S/C14H23N3O/c1-12-8-11-17(16-12)10-5-9-15-14(18)13-6-3-2-4-7-13/h8,11,13H,2-7,9-10H2,1H3,(H,15,18). The molecule has 0 unspecified atom stereocenters. The third-order valence-corrected chi connectivity index (χ3v) is 3.61. The molecule has 1 N–H and O–H groups in total.